The normalized spacial score (nSPS) is 17.1. The second-order valence-corrected chi connectivity index (χ2v) is 6.71. The Balaban J connectivity index is 2.03. The fourth-order valence-electron chi connectivity index (χ4n) is 3.87. The minimum atomic E-state index is -0.684. The van der Waals surface area contributed by atoms with Crippen LogP contribution in [0.25, 0.3) is 0 Å². The number of benzene rings is 2. The van der Waals surface area contributed by atoms with Gasteiger partial charge in [0.1, 0.15) is 18.1 Å². The fraction of sp³-hybridized carbons (Fsp3) is 0.238. The Kier molecular flexibility index (Phi) is 4.52. The van der Waals surface area contributed by atoms with E-state index in [0.717, 1.165) is 0 Å². The Morgan fingerprint density at radius 1 is 1.14 bits per heavy atom. The molecule has 1 aliphatic heterocycles. The predicted octanol–water partition coefficient (Wildman–Crippen LogP) is 1.58. The van der Waals surface area contributed by atoms with Gasteiger partial charge in [0.15, 0.2) is 23.1 Å². The highest BCUT2D eigenvalue weighted by atomic mass is 16.5. The molecule has 8 heteroatoms. The van der Waals surface area contributed by atoms with E-state index in [1.54, 1.807) is 19.2 Å². The van der Waals surface area contributed by atoms with Crippen LogP contribution in [-0.4, -0.2) is 47.7 Å². The minimum Gasteiger partial charge on any atom is -0.507 e. The van der Waals surface area contributed by atoms with Crippen molar-refractivity contribution in [3.8, 4) is 23.0 Å². The lowest BCUT2D eigenvalue weighted by Gasteiger charge is -2.25. The van der Waals surface area contributed by atoms with Crippen molar-refractivity contribution in [2.45, 2.75) is 12.6 Å². The Morgan fingerprint density at radius 2 is 1.86 bits per heavy atom. The fourth-order valence-corrected chi connectivity index (χ4v) is 3.87. The summed E-state index contributed by atoms with van der Waals surface area (Å²) in [7, 11) is 3.00. The number of aliphatic hydroxyl groups is 1. The number of nitrogens with one attached hydrogen (secondary N) is 1. The number of ether oxygens (including phenoxy) is 2. The number of rotatable bonds is 3. The van der Waals surface area contributed by atoms with Gasteiger partial charge in [-0.05, 0) is 25.3 Å². The Morgan fingerprint density at radius 3 is 2.52 bits per heavy atom. The van der Waals surface area contributed by atoms with Gasteiger partial charge in [0, 0.05) is 22.3 Å². The molecule has 1 heterocycles. The van der Waals surface area contributed by atoms with Gasteiger partial charge in [0.2, 0.25) is 0 Å². The van der Waals surface area contributed by atoms with Gasteiger partial charge < -0.3 is 30.1 Å². The first-order chi connectivity index (χ1) is 13.9. The van der Waals surface area contributed by atoms with Crippen LogP contribution in [0.5, 0.6) is 23.0 Å². The lowest BCUT2D eigenvalue weighted by molar-refractivity contribution is 0.0972. The first-order valence-electron chi connectivity index (χ1n) is 8.94. The predicted molar refractivity (Wildman–Crippen MR) is 102 cm³/mol. The van der Waals surface area contributed by atoms with Gasteiger partial charge in [-0.3, -0.25) is 9.59 Å². The number of fused-ring (bicyclic) bond motifs is 3. The van der Waals surface area contributed by atoms with Crippen LogP contribution in [0.4, 0.5) is 0 Å². The zero-order valence-electron chi connectivity index (χ0n) is 15.8. The average molecular weight is 397 g/mol. The molecule has 4 N–H and O–H groups in total. The molecular weight excluding hydrogens is 378 g/mol. The molecule has 0 radical (unpaired) electrons. The number of phenols is 2. The standard InChI is InChI=1S/C21H19NO7/c1-22-12-4-3-5-29-13-6-10-16(21(27)17(12)13)20(26)15-9(18(10)24)7-14(28-2)19(25)11(15)8-23/h3-4,6-7,12,22-23,25,27H,5,8H2,1-2H3/t12-/m1/s1. The molecule has 2 aliphatic rings. The minimum absolute atomic E-state index is 0.00728. The van der Waals surface area contributed by atoms with Crippen molar-refractivity contribution in [1.29, 1.82) is 0 Å². The number of aliphatic hydroxyl groups excluding tert-OH is 1. The number of methoxy groups -OCH3 is 1. The summed E-state index contributed by atoms with van der Waals surface area (Å²) < 4.78 is 10.7. The van der Waals surface area contributed by atoms with E-state index in [1.807, 2.05) is 0 Å². The van der Waals surface area contributed by atoms with E-state index in [9.17, 15) is 24.9 Å². The summed E-state index contributed by atoms with van der Waals surface area (Å²) in [4.78, 5) is 26.5. The molecule has 150 valence electrons. The van der Waals surface area contributed by atoms with E-state index in [1.165, 1.54) is 19.2 Å². The maximum absolute atomic E-state index is 13.3. The van der Waals surface area contributed by atoms with Crippen LogP contribution in [0.15, 0.2) is 24.3 Å². The lowest BCUT2D eigenvalue weighted by Crippen LogP contribution is -2.25. The summed E-state index contributed by atoms with van der Waals surface area (Å²) in [5.41, 5.74) is -0.138. The van der Waals surface area contributed by atoms with Crippen molar-refractivity contribution in [3.05, 3.63) is 57.7 Å². The third-order valence-electron chi connectivity index (χ3n) is 5.27. The number of ketones is 2. The van der Waals surface area contributed by atoms with Crippen LogP contribution >= 0.6 is 0 Å². The van der Waals surface area contributed by atoms with Crippen LogP contribution < -0.4 is 14.8 Å². The summed E-state index contributed by atoms with van der Waals surface area (Å²) in [6.07, 6.45) is 3.56. The SMILES string of the molecule is CN[C@@H]1C=CCOc2cc3c(c(O)c21)C(=O)c1c(cc(OC)c(O)c1CO)C3=O. The molecule has 0 saturated carbocycles. The zero-order chi connectivity index (χ0) is 20.9. The molecule has 1 aliphatic carbocycles. The van der Waals surface area contributed by atoms with E-state index in [-0.39, 0.29) is 45.9 Å². The zero-order valence-corrected chi connectivity index (χ0v) is 15.8. The molecule has 0 unspecified atom stereocenters. The van der Waals surface area contributed by atoms with Crippen molar-refractivity contribution in [2.75, 3.05) is 20.8 Å². The number of hydrogen-bond acceptors (Lipinski definition) is 8. The van der Waals surface area contributed by atoms with Crippen LogP contribution in [-0.2, 0) is 6.61 Å². The Bertz CT molecular complexity index is 1090. The third-order valence-corrected chi connectivity index (χ3v) is 5.27. The third kappa shape index (κ3) is 2.60. The van der Waals surface area contributed by atoms with Gasteiger partial charge in [0.05, 0.1) is 30.9 Å². The molecule has 0 spiro atoms. The molecule has 2 aromatic carbocycles. The van der Waals surface area contributed by atoms with Crippen LogP contribution in [0, 0.1) is 0 Å². The lowest BCUT2D eigenvalue weighted by atomic mass is 9.79. The van der Waals surface area contributed by atoms with Crippen molar-refractivity contribution in [3.63, 3.8) is 0 Å². The maximum Gasteiger partial charge on any atom is 0.198 e. The maximum atomic E-state index is 13.3. The Hall–Kier alpha value is -3.36. The number of phenolic OH excluding ortho intramolecular Hbond substituents is 1. The molecule has 8 nitrogen and oxygen atoms in total. The molecule has 0 amide bonds. The van der Waals surface area contributed by atoms with Gasteiger partial charge in [-0.2, -0.15) is 0 Å². The molecule has 1 atom stereocenters. The second kappa shape index (κ2) is 6.91. The largest absolute Gasteiger partial charge is 0.507 e. The van der Waals surface area contributed by atoms with Crippen molar-refractivity contribution >= 4 is 11.6 Å². The summed E-state index contributed by atoms with van der Waals surface area (Å²) in [5.74, 6) is -1.74. The number of likely N-dealkylation sites (N-methyl/N-ethyl adjacent to an activating group) is 1. The number of carbonyl (C=O) groups is 2. The monoisotopic (exact) mass is 397 g/mol. The summed E-state index contributed by atoms with van der Waals surface area (Å²) in [5, 5.41) is 34.1. The van der Waals surface area contributed by atoms with E-state index in [4.69, 9.17) is 9.47 Å². The number of carbonyl (C=O) groups excluding carboxylic acids is 2. The first-order valence-corrected chi connectivity index (χ1v) is 8.94. The van der Waals surface area contributed by atoms with Gasteiger partial charge in [-0.15, -0.1) is 0 Å². The van der Waals surface area contributed by atoms with Gasteiger partial charge in [-0.1, -0.05) is 6.08 Å². The van der Waals surface area contributed by atoms with Crippen molar-refractivity contribution in [2.24, 2.45) is 0 Å². The summed E-state index contributed by atoms with van der Waals surface area (Å²) in [6, 6.07) is 2.28. The molecule has 4 rings (SSSR count). The average Bonchev–Trinajstić information content (AvgIpc) is 2.93. The number of hydrogen-bond donors (Lipinski definition) is 4. The van der Waals surface area contributed by atoms with Crippen LogP contribution in [0.1, 0.15) is 49.0 Å². The smallest absolute Gasteiger partial charge is 0.198 e. The van der Waals surface area contributed by atoms with Gasteiger partial charge >= 0.3 is 0 Å². The topological polar surface area (TPSA) is 125 Å². The molecule has 0 bridgehead atoms. The van der Waals surface area contributed by atoms with E-state index < -0.39 is 30.0 Å². The highest BCUT2D eigenvalue weighted by molar-refractivity contribution is 6.30. The molecular formula is C21H19NO7. The van der Waals surface area contributed by atoms with Crippen molar-refractivity contribution < 1.29 is 34.4 Å². The summed E-state index contributed by atoms with van der Waals surface area (Å²) >= 11 is 0. The molecule has 2 aromatic rings. The molecule has 0 aromatic heterocycles. The number of aromatic hydroxyl groups is 2. The van der Waals surface area contributed by atoms with Crippen molar-refractivity contribution in [1.82, 2.24) is 5.32 Å². The van der Waals surface area contributed by atoms with Gasteiger partial charge in [0.25, 0.3) is 0 Å². The Labute approximate surface area is 166 Å². The van der Waals surface area contributed by atoms with Crippen LogP contribution in [0.2, 0.25) is 0 Å². The molecule has 0 fully saturated rings. The molecule has 29 heavy (non-hydrogen) atoms. The van der Waals surface area contributed by atoms with E-state index in [0.29, 0.717) is 11.3 Å². The first kappa shape index (κ1) is 19.0. The van der Waals surface area contributed by atoms with Gasteiger partial charge in [-0.25, -0.2) is 0 Å². The summed E-state index contributed by atoms with van der Waals surface area (Å²) in [6.45, 7) is -0.436. The quantitative estimate of drug-likeness (QED) is 0.491. The van der Waals surface area contributed by atoms with E-state index >= 15 is 0 Å². The van der Waals surface area contributed by atoms with Crippen LogP contribution in [0.3, 0.4) is 0 Å². The second-order valence-electron chi connectivity index (χ2n) is 6.71. The highest BCUT2D eigenvalue weighted by Crippen LogP contribution is 2.46. The molecule has 0 saturated heterocycles. The van der Waals surface area contributed by atoms with E-state index in [2.05, 4.69) is 5.32 Å². The highest BCUT2D eigenvalue weighted by Gasteiger charge is 2.39.